The topological polar surface area (TPSA) is 0 Å². The van der Waals surface area contributed by atoms with Gasteiger partial charge in [0.25, 0.3) is 0 Å². The van der Waals surface area contributed by atoms with E-state index in [0.717, 1.165) is 5.92 Å². The first-order valence-corrected chi connectivity index (χ1v) is 4.61. The van der Waals surface area contributed by atoms with Crippen molar-refractivity contribution in [3.63, 3.8) is 0 Å². The van der Waals surface area contributed by atoms with Crippen LogP contribution >= 0.6 is 11.8 Å². The Morgan fingerprint density at radius 2 is 2.11 bits per heavy atom. The van der Waals surface area contributed by atoms with Crippen LogP contribution in [-0.4, -0.2) is 6.26 Å². The molecular weight excluding hydrogens is 128 g/mol. The van der Waals surface area contributed by atoms with E-state index in [1.165, 1.54) is 17.7 Å². The second-order valence-electron chi connectivity index (χ2n) is 2.68. The average molecular weight is 144 g/mol. The molecule has 0 aliphatic carbocycles. The van der Waals surface area contributed by atoms with Gasteiger partial charge in [-0.05, 0) is 29.9 Å². The van der Waals surface area contributed by atoms with Crippen molar-refractivity contribution >= 4 is 11.8 Å². The highest BCUT2D eigenvalue weighted by Gasteiger charge is 1.94. The van der Waals surface area contributed by atoms with Crippen molar-refractivity contribution in [3.8, 4) is 0 Å². The number of hydrogen-bond donors (Lipinski definition) is 0. The Labute approximate surface area is 62.7 Å². The molecule has 0 saturated carbocycles. The van der Waals surface area contributed by atoms with Crippen LogP contribution in [0.5, 0.6) is 0 Å². The Bertz CT molecular complexity index is 84.6. The fraction of sp³-hybridized carbons (Fsp3) is 0.750. The molecule has 0 spiro atoms. The highest BCUT2D eigenvalue weighted by molar-refractivity contribution is 8.02. The van der Waals surface area contributed by atoms with Crippen molar-refractivity contribution in [1.82, 2.24) is 0 Å². The molecule has 0 unspecified atom stereocenters. The standard InChI is InChI=1S/C8H16S/c1-7(2)5-6-8(3)9-4/h7H,3,5-6H2,1-2,4H3. The molecule has 0 aromatic carbocycles. The van der Waals surface area contributed by atoms with E-state index < -0.39 is 0 Å². The predicted molar refractivity (Wildman–Crippen MR) is 46.7 cm³/mol. The highest BCUT2D eigenvalue weighted by Crippen LogP contribution is 2.17. The van der Waals surface area contributed by atoms with E-state index in [9.17, 15) is 0 Å². The first-order valence-electron chi connectivity index (χ1n) is 3.38. The molecular formula is C8H16S. The summed E-state index contributed by atoms with van der Waals surface area (Å²) >= 11 is 1.77. The van der Waals surface area contributed by atoms with Crippen LogP contribution in [0.15, 0.2) is 11.5 Å². The van der Waals surface area contributed by atoms with Crippen molar-refractivity contribution in [1.29, 1.82) is 0 Å². The van der Waals surface area contributed by atoms with Crippen LogP contribution < -0.4 is 0 Å². The number of thioether (sulfide) groups is 1. The molecule has 0 N–H and O–H groups in total. The molecule has 54 valence electrons. The van der Waals surface area contributed by atoms with Gasteiger partial charge in [0, 0.05) is 0 Å². The van der Waals surface area contributed by atoms with Crippen LogP contribution in [0.25, 0.3) is 0 Å². The van der Waals surface area contributed by atoms with E-state index in [2.05, 4.69) is 26.7 Å². The molecule has 0 rings (SSSR count). The van der Waals surface area contributed by atoms with Gasteiger partial charge in [0.05, 0.1) is 0 Å². The van der Waals surface area contributed by atoms with Gasteiger partial charge in [-0.15, -0.1) is 11.8 Å². The minimum Gasteiger partial charge on any atom is -0.135 e. The summed E-state index contributed by atoms with van der Waals surface area (Å²) in [6, 6.07) is 0. The molecule has 9 heavy (non-hydrogen) atoms. The molecule has 0 bridgehead atoms. The predicted octanol–water partition coefficient (Wildman–Crippen LogP) is 3.30. The van der Waals surface area contributed by atoms with Gasteiger partial charge < -0.3 is 0 Å². The quantitative estimate of drug-likeness (QED) is 0.583. The zero-order chi connectivity index (χ0) is 7.28. The summed E-state index contributed by atoms with van der Waals surface area (Å²) in [5, 5.41) is 0. The summed E-state index contributed by atoms with van der Waals surface area (Å²) in [7, 11) is 0. The summed E-state index contributed by atoms with van der Waals surface area (Å²) < 4.78 is 0. The van der Waals surface area contributed by atoms with Crippen molar-refractivity contribution in [2.24, 2.45) is 5.92 Å². The lowest BCUT2D eigenvalue weighted by Gasteiger charge is -2.03. The summed E-state index contributed by atoms with van der Waals surface area (Å²) in [6.07, 6.45) is 4.54. The van der Waals surface area contributed by atoms with E-state index in [1.54, 1.807) is 11.8 Å². The molecule has 0 atom stereocenters. The van der Waals surface area contributed by atoms with Gasteiger partial charge in [-0.3, -0.25) is 0 Å². The Morgan fingerprint density at radius 1 is 1.56 bits per heavy atom. The lowest BCUT2D eigenvalue weighted by Crippen LogP contribution is -1.86. The van der Waals surface area contributed by atoms with Crippen LogP contribution in [0.3, 0.4) is 0 Å². The number of rotatable bonds is 4. The molecule has 0 saturated heterocycles. The molecule has 0 aliphatic rings. The third-order valence-corrected chi connectivity index (χ3v) is 2.07. The summed E-state index contributed by atoms with van der Waals surface area (Å²) in [5.41, 5.74) is 0. The van der Waals surface area contributed by atoms with Gasteiger partial charge in [-0.1, -0.05) is 20.4 Å². The van der Waals surface area contributed by atoms with Gasteiger partial charge in [-0.25, -0.2) is 0 Å². The van der Waals surface area contributed by atoms with Crippen LogP contribution in [0.2, 0.25) is 0 Å². The fourth-order valence-corrected chi connectivity index (χ4v) is 0.874. The Kier molecular flexibility index (Phi) is 4.97. The van der Waals surface area contributed by atoms with Crippen LogP contribution in [0, 0.1) is 5.92 Å². The maximum absolute atomic E-state index is 3.91. The van der Waals surface area contributed by atoms with E-state index in [-0.39, 0.29) is 0 Å². The molecule has 1 heteroatoms. The molecule has 0 aromatic heterocycles. The van der Waals surface area contributed by atoms with Crippen LogP contribution in [0.4, 0.5) is 0 Å². The smallest absolute Gasteiger partial charge is 0.0140 e. The first kappa shape index (κ1) is 9.09. The summed E-state index contributed by atoms with van der Waals surface area (Å²) in [6.45, 7) is 8.40. The van der Waals surface area contributed by atoms with E-state index >= 15 is 0 Å². The fourth-order valence-electron chi connectivity index (χ4n) is 0.552. The van der Waals surface area contributed by atoms with Gasteiger partial charge >= 0.3 is 0 Å². The van der Waals surface area contributed by atoms with Crippen molar-refractivity contribution < 1.29 is 0 Å². The zero-order valence-electron chi connectivity index (χ0n) is 6.61. The summed E-state index contributed by atoms with van der Waals surface area (Å²) in [5.74, 6) is 0.814. The second-order valence-corrected chi connectivity index (χ2v) is 3.66. The molecule has 0 radical (unpaired) electrons. The monoisotopic (exact) mass is 144 g/mol. The van der Waals surface area contributed by atoms with Gasteiger partial charge in [0.1, 0.15) is 0 Å². The number of hydrogen-bond acceptors (Lipinski definition) is 1. The summed E-state index contributed by atoms with van der Waals surface area (Å²) in [4.78, 5) is 1.31. The first-order chi connectivity index (χ1) is 4.16. The molecule has 0 amide bonds. The molecule has 0 heterocycles. The maximum atomic E-state index is 3.91. The SMILES string of the molecule is C=C(CCC(C)C)SC. The van der Waals surface area contributed by atoms with Crippen LogP contribution in [-0.2, 0) is 0 Å². The highest BCUT2D eigenvalue weighted by atomic mass is 32.2. The normalized spacial score (nSPS) is 10.2. The van der Waals surface area contributed by atoms with E-state index in [4.69, 9.17) is 0 Å². The second kappa shape index (κ2) is 4.92. The van der Waals surface area contributed by atoms with Crippen molar-refractivity contribution in [2.45, 2.75) is 26.7 Å². The third-order valence-electron chi connectivity index (χ3n) is 1.29. The zero-order valence-corrected chi connectivity index (χ0v) is 7.42. The van der Waals surface area contributed by atoms with Crippen molar-refractivity contribution in [2.75, 3.05) is 6.26 Å². The number of allylic oxidation sites excluding steroid dienone is 1. The Balaban J connectivity index is 3.17. The average Bonchev–Trinajstić information content (AvgIpc) is 1.83. The van der Waals surface area contributed by atoms with Gasteiger partial charge in [-0.2, -0.15) is 0 Å². The van der Waals surface area contributed by atoms with Gasteiger partial charge in [0.15, 0.2) is 0 Å². The Hall–Kier alpha value is 0.0900. The lowest BCUT2D eigenvalue weighted by molar-refractivity contribution is 0.592. The van der Waals surface area contributed by atoms with E-state index in [1.807, 2.05) is 0 Å². The third kappa shape index (κ3) is 5.97. The van der Waals surface area contributed by atoms with Gasteiger partial charge in [0.2, 0.25) is 0 Å². The molecule has 0 aliphatic heterocycles. The molecule has 0 aromatic rings. The lowest BCUT2D eigenvalue weighted by atomic mass is 10.1. The van der Waals surface area contributed by atoms with E-state index in [0.29, 0.717) is 0 Å². The minimum absolute atomic E-state index is 0.814. The maximum Gasteiger partial charge on any atom is -0.0140 e. The van der Waals surface area contributed by atoms with Crippen LogP contribution in [0.1, 0.15) is 26.7 Å². The minimum atomic E-state index is 0.814. The molecule has 0 fully saturated rings. The largest absolute Gasteiger partial charge is 0.135 e. The Morgan fingerprint density at radius 3 is 2.44 bits per heavy atom. The molecule has 0 nitrogen and oxygen atoms in total. The van der Waals surface area contributed by atoms with Crippen molar-refractivity contribution in [3.05, 3.63) is 11.5 Å².